The molecule has 2 rings (SSSR count). The summed E-state index contributed by atoms with van der Waals surface area (Å²) < 4.78 is 40.3. The van der Waals surface area contributed by atoms with Gasteiger partial charge in [-0.05, 0) is 18.2 Å². The van der Waals surface area contributed by atoms with Crippen molar-refractivity contribution in [2.24, 2.45) is 5.84 Å². The van der Waals surface area contributed by atoms with Gasteiger partial charge in [0.2, 0.25) is 5.95 Å². The van der Waals surface area contributed by atoms with E-state index in [2.05, 4.69) is 36.0 Å². The molecule has 0 aliphatic heterocycles. The van der Waals surface area contributed by atoms with E-state index in [1.54, 1.807) is 0 Å². The molecule has 1 aromatic heterocycles. The van der Waals surface area contributed by atoms with Gasteiger partial charge in [0.15, 0.2) is 0 Å². The fourth-order valence-corrected chi connectivity index (χ4v) is 2.62. The lowest BCUT2D eigenvalue weighted by atomic mass is 10.3. The van der Waals surface area contributed by atoms with Crippen molar-refractivity contribution in [3.63, 3.8) is 0 Å². The Morgan fingerprint density at radius 2 is 1.90 bits per heavy atom. The molecular weight excluding hydrogens is 353 g/mol. The molecular formula is C10H9BrFN5O2S. The molecule has 0 saturated heterocycles. The third-order valence-corrected chi connectivity index (χ3v) is 4.05. The van der Waals surface area contributed by atoms with Gasteiger partial charge in [-0.3, -0.25) is 10.1 Å². The Labute approximate surface area is 122 Å². The van der Waals surface area contributed by atoms with Gasteiger partial charge in [-0.2, -0.15) is 0 Å². The molecule has 1 aromatic carbocycles. The topological polar surface area (TPSA) is 110 Å². The van der Waals surface area contributed by atoms with E-state index in [9.17, 15) is 12.8 Å². The SMILES string of the molecule is NNc1ncc(S(=O)(=O)Nc2cc(Br)ccc2F)cn1. The van der Waals surface area contributed by atoms with Crippen LogP contribution >= 0.6 is 15.9 Å². The van der Waals surface area contributed by atoms with Gasteiger partial charge in [0.05, 0.1) is 18.1 Å². The molecule has 0 aliphatic carbocycles. The van der Waals surface area contributed by atoms with E-state index >= 15 is 0 Å². The first-order chi connectivity index (χ1) is 9.42. The molecule has 4 N–H and O–H groups in total. The molecule has 0 aliphatic rings. The number of nitrogens with zero attached hydrogens (tertiary/aromatic N) is 2. The molecule has 0 radical (unpaired) electrons. The number of rotatable bonds is 4. The second-order valence-electron chi connectivity index (χ2n) is 3.62. The molecule has 1 heterocycles. The van der Waals surface area contributed by atoms with E-state index in [-0.39, 0.29) is 16.5 Å². The van der Waals surface area contributed by atoms with Gasteiger partial charge in [-0.1, -0.05) is 15.9 Å². The zero-order valence-corrected chi connectivity index (χ0v) is 12.2. The zero-order valence-electron chi connectivity index (χ0n) is 9.84. The molecule has 0 unspecified atom stereocenters. The van der Waals surface area contributed by atoms with E-state index < -0.39 is 15.8 Å². The maximum absolute atomic E-state index is 13.5. The average Bonchev–Trinajstić information content (AvgIpc) is 2.43. The summed E-state index contributed by atoms with van der Waals surface area (Å²) in [6.07, 6.45) is 2.11. The minimum atomic E-state index is -3.98. The monoisotopic (exact) mass is 361 g/mol. The minimum absolute atomic E-state index is 0.0672. The van der Waals surface area contributed by atoms with Crippen LogP contribution < -0.4 is 16.0 Å². The van der Waals surface area contributed by atoms with Crippen LogP contribution in [0, 0.1) is 5.82 Å². The Morgan fingerprint density at radius 1 is 1.25 bits per heavy atom. The number of benzene rings is 1. The minimum Gasteiger partial charge on any atom is -0.292 e. The number of nitrogens with two attached hydrogens (primary N) is 1. The van der Waals surface area contributed by atoms with E-state index in [4.69, 9.17) is 5.84 Å². The third kappa shape index (κ3) is 3.21. The van der Waals surface area contributed by atoms with Crippen molar-refractivity contribution in [1.29, 1.82) is 0 Å². The summed E-state index contributed by atoms with van der Waals surface area (Å²) in [4.78, 5) is 7.14. The number of nitrogens with one attached hydrogen (secondary N) is 2. The number of hydrogen-bond acceptors (Lipinski definition) is 6. The Bertz CT molecular complexity index is 723. The van der Waals surface area contributed by atoms with Gasteiger partial charge < -0.3 is 0 Å². The summed E-state index contributed by atoms with van der Waals surface area (Å²) in [5.74, 6) is 4.45. The van der Waals surface area contributed by atoms with E-state index in [1.165, 1.54) is 12.1 Å². The van der Waals surface area contributed by atoms with Gasteiger partial charge in [0.1, 0.15) is 10.7 Å². The van der Waals surface area contributed by atoms with Crippen LogP contribution in [0.15, 0.2) is 40.0 Å². The maximum Gasteiger partial charge on any atom is 0.265 e. The molecule has 0 bridgehead atoms. The van der Waals surface area contributed by atoms with E-state index in [0.717, 1.165) is 18.5 Å². The summed E-state index contributed by atoms with van der Waals surface area (Å²) >= 11 is 3.13. The van der Waals surface area contributed by atoms with Crippen molar-refractivity contribution in [1.82, 2.24) is 9.97 Å². The van der Waals surface area contributed by atoms with Crippen LogP contribution in [0.25, 0.3) is 0 Å². The molecule has 20 heavy (non-hydrogen) atoms. The third-order valence-electron chi connectivity index (χ3n) is 2.24. The normalized spacial score (nSPS) is 11.2. The number of nitrogen functional groups attached to an aromatic ring is 1. The van der Waals surface area contributed by atoms with Crippen molar-refractivity contribution >= 4 is 37.6 Å². The second kappa shape index (κ2) is 5.69. The number of aromatic nitrogens is 2. The second-order valence-corrected chi connectivity index (χ2v) is 6.21. The summed E-state index contributed by atoms with van der Waals surface area (Å²) in [5.41, 5.74) is 1.99. The first-order valence-corrected chi connectivity index (χ1v) is 7.46. The maximum atomic E-state index is 13.5. The molecule has 10 heteroatoms. The highest BCUT2D eigenvalue weighted by atomic mass is 79.9. The molecule has 0 spiro atoms. The quantitative estimate of drug-likeness (QED) is 0.561. The van der Waals surface area contributed by atoms with Crippen molar-refractivity contribution in [2.45, 2.75) is 4.90 Å². The smallest absolute Gasteiger partial charge is 0.265 e. The predicted molar refractivity (Wildman–Crippen MR) is 74.8 cm³/mol. The van der Waals surface area contributed by atoms with Crippen molar-refractivity contribution < 1.29 is 12.8 Å². The lowest BCUT2D eigenvalue weighted by Crippen LogP contribution is -2.16. The zero-order chi connectivity index (χ0) is 14.8. The fourth-order valence-electron chi connectivity index (χ4n) is 1.31. The molecule has 106 valence electrons. The number of hydrogen-bond donors (Lipinski definition) is 3. The number of hydrazine groups is 1. The predicted octanol–water partition coefficient (Wildman–Crippen LogP) is 1.46. The summed E-state index contributed by atoms with van der Waals surface area (Å²) in [6, 6.07) is 3.90. The Balaban J connectivity index is 2.32. The lowest BCUT2D eigenvalue weighted by molar-refractivity contribution is 0.597. The standard InChI is InChI=1S/C10H9BrFN5O2S/c11-6-1-2-8(12)9(3-6)17-20(18,19)7-4-14-10(16-13)15-5-7/h1-5,17H,13H2,(H,14,15,16). The van der Waals surface area contributed by atoms with Gasteiger partial charge in [-0.25, -0.2) is 28.6 Å². The largest absolute Gasteiger partial charge is 0.292 e. The molecule has 0 amide bonds. The summed E-state index contributed by atoms with van der Waals surface area (Å²) in [7, 11) is -3.98. The van der Waals surface area contributed by atoms with Crippen LogP contribution in [0.2, 0.25) is 0 Å². The Hall–Kier alpha value is -1.78. The molecule has 0 fully saturated rings. The Morgan fingerprint density at radius 3 is 2.50 bits per heavy atom. The number of anilines is 2. The van der Waals surface area contributed by atoms with E-state index in [1.807, 2.05) is 0 Å². The molecule has 0 atom stereocenters. The van der Waals surface area contributed by atoms with Crippen LogP contribution in [-0.2, 0) is 10.0 Å². The Kier molecular flexibility index (Phi) is 4.16. The van der Waals surface area contributed by atoms with Crippen LogP contribution in [0.1, 0.15) is 0 Å². The molecule has 7 nitrogen and oxygen atoms in total. The van der Waals surface area contributed by atoms with Crippen LogP contribution in [0.4, 0.5) is 16.0 Å². The highest BCUT2D eigenvalue weighted by molar-refractivity contribution is 9.10. The summed E-state index contributed by atoms with van der Waals surface area (Å²) in [6.45, 7) is 0. The van der Waals surface area contributed by atoms with Gasteiger partial charge in [0, 0.05) is 4.47 Å². The molecule has 2 aromatic rings. The van der Waals surface area contributed by atoms with E-state index in [0.29, 0.717) is 4.47 Å². The van der Waals surface area contributed by atoms with Crippen LogP contribution in [-0.4, -0.2) is 18.4 Å². The van der Waals surface area contributed by atoms with Crippen molar-refractivity contribution in [2.75, 3.05) is 10.1 Å². The first-order valence-electron chi connectivity index (χ1n) is 5.19. The first kappa shape index (κ1) is 14.6. The fraction of sp³-hybridized carbons (Fsp3) is 0. The van der Waals surface area contributed by atoms with Crippen molar-refractivity contribution in [3.05, 3.63) is 40.9 Å². The molecule has 0 saturated carbocycles. The summed E-state index contributed by atoms with van der Waals surface area (Å²) in [5, 5.41) is 0. The van der Waals surface area contributed by atoms with Gasteiger partial charge >= 0.3 is 0 Å². The number of halogens is 2. The number of sulfonamides is 1. The van der Waals surface area contributed by atoms with Gasteiger partial charge in [-0.15, -0.1) is 0 Å². The van der Waals surface area contributed by atoms with Crippen LogP contribution in [0.3, 0.4) is 0 Å². The lowest BCUT2D eigenvalue weighted by Gasteiger charge is -2.09. The van der Waals surface area contributed by atoms with Crippen molar-refractivity contribution in [3.8, 4) is 0 Å². The van der Waals surface area contributed by atoms with Gasteiger partial charge in [0.25, 0.3) is 10.0 Å². The average molecular weight is 362 g/mol. The van der Waals surface area contributed by atoms with Crippen LogP contribution in [0.5, 0.6) is 0 Å². The highest BCUT2D eigenvalue weighted by Crippen LogP contribution is 2.22. The highest BCUT2D eigenvalue weighted by Gasteiger charge is 2.17.